The first-order valence-electron chi connectivity index (χ1n) is 5.96. The number of nitrogens with one attached hydrogen (secondary N) is 1. The molecule has 0 amide bonds. The second-order valence-corrected chi connectivity index (χ2v) is 4.87. The minimum atomic E-state index is 0.545. The monoisotopic (exact) mass is 231 g/mol. The van der Waals surface area contributed by atoms with E-state index in [1.165, 1.54) is 12.0 Å². The van der Waals surface area contributed by atoms with Crippen molar-refractivity contribution in [2.24, 2.45) is 7.05 Å². The molecule has 1 fully saturated rings. The van der Waals surface area contributed by atoms with Gasteiger partial charge in [0.05, 0.1) is 5.39 Å². The fraction of sp³-hybridized carbons (Fsp3) is 0.500. The molecule has 0 aliphatic carbocycles. The van der Waals surface area contributed by atoms with Crippen molar-refractivity contribution >= 4 is 16.9 Å². The van der Waals surface area contributed by atoms with Crippen LogP contribution in [0.2, 0.25) is 0 Å². The molecule has 5 heteroatoms. The lowest BCUT2D eigenvalue weighted by Gasteiger charge is -2.09. The maximum Gasteiger partial charge on any atom is 0.145 e. The minimum absolute atomic E-state index is 0.545. The predicted molar refractivity (Wildman–Crippen MR) is 67.7 cm³/mol. The van der Waals surface area contributed by atoms with E-state index in [2.05, 4.69) is 32.8 Å². The van der Waals surface area contributed by atoms with Gasteiger partial charge in [-0.25, -0.2) is 9.97 Å². The molecule has 1 aliphatic heterocycles. The average Bonchev–Trinajstić information content (AvgIpc) is 2.85. The van der Waals surface area contributed by atoms with Crippen LogP contribution >= 0.6 is 0 Å². The molecule has 3 heterocycles. The number of nitrogen functional groups attached to an aromatic ring is 1. The number of anilines is 1. The number of aryl methyl sites for hydroxylation is 1. The molecule has 2 aromatic rings. The van der Waals surface area contributed by atoms with Crippen LogP contribution in [0.3, 0.4) is 0 Å². The molecule has 90 valence electrons. The largest absolute Gasteiger partial charge is 0.383 e. The fourth-order valence-electron chi connectivity index (χ4n) is 2.73. The summed E-state index contributed by atoms with van der Waals surface area (Å²) in [5.74, 6) is 1.11. The number of nitrogens with zero attached hydrogens (tertiary/aromatic N) is 3. The summed E-state index contributed by atoms with van der Waals surface area (Å²) >= 11 is 0. The van der Waals surface area contributed by atoms with Gasteiger partial charge in [0.2, 0.25) is 0 Å². The summed E-state index contributed by atoms with van der Waals surface area (Å²) in [5.41, 5.74) is 8.10. The third-order valence-electron chi connectivity index (χ3n) is 3.66. The molecule has 0 aromatic carbocycles. The summed E-state index contributed by atoms with van der Waals surface area (Å²) in [6.45, 7) is 3.25. The summed E-state index contributed by atoms with van der Waals surface area (Å²) in [5, 5.41) is 4.44. The highest BCUT2D eigenvalue weighted by Gasteiger charge is 2.25. The van der Waals surface area contributed by atoms with Crippen LogP contribution in [-0.4, -0.2) is 27.1 Å². The van der Waals surface area contributed by atoms with Crippen LogP contribution in [0.15, 0.2) is 12.4 Å². The molecule has 1 aliphatic rings. The molecule has 3 rings (SSSR count). The molecule has 0 saturated carbocycles. The highest BCUT2D eigenvalue weighted by atomic mass is 15.1. The van der Waals surface area contributed by atoms with E-state index in [0.29, 0.717) is 17.8 Å². The number of rotatable bonds is 1. The van der Waals surface area contributed by atoms with Crippen molar-refractivity contribution in [2.45, 2.75) is 25.3 Å². The van der Waals surface area contributed by atoms with Gasteiger partial charge in [-0.15, -0.1) is 0 Å². The highest BCUT2D eigenvalue weighted by Crippen LogP contribution is 2.30. The van der Waals surface area contributed by atoms with Gasteiger partial charge in [-0.2, -0.15) is 0 Å². The van der Waals surface area contributed by atoms with Gasteiger partial charge in [0.25, 0.3) is 0 Å². The lowest BCUT2D eigenvalue weighted by molar-refractivity contribution is 0.648. The van der Waals surface area contributed by atoms with Crippen LogP contribution in [0.4, 0.5) is 5.82 Å². The Hall–Kier alpha value is -1.62. The summed E-state index contributed by atoms with van der Waals surface area (Å²) in [6.07, 6.45) is 2.69. The lowest BCUT2D eigenvalue weighted by Crippen LogP contribution is -2.16. The first-order valence-corrected chi connectivity index (χ1v) is 5.96. The van der Waals surface area contributed by atoms with Crippen molar-refractivity contribution in [3.05, 3.63) is 18.1 Å². The van der Waals surface area contributed by atoms with Crippen LogP contribution < -0.4 is 11.1 Å². The van der Waals surface area contributed by atoms with E-state index in [-0.39, 0.29) is 0 Å². The van der Waals surface area contributed by atoms with Crippen LogP contribution in [0.1, 0.15) is 25.0 Å². The molecule has 2 atom stereocenters. The summed E-state index contributed by atoms with van der Waals surface area (Å²) in [7, 11) is 2.05. The van der Waals surface area contributed by atoms with E-state index >= 15 is 0 Å². The number of hydrogen-bond acceptors (Lipinski definition) is 4. The quantitative estimate of drug-likeness (QED) is 0.768. The normalized spacial score (nSPS) is 24.6. The van der Waals surface area contributed by atoms with Gasteiger partial charge in [0.1, 0.15) is 17.8 Å². The fourth-order valence-corrected chi connectivity index (χ4v) is 2.73. The van der Waals surface area contributed by atoms with E-state index in [9.17, 15) is 0 Å². The zero-order valence-corrected chi connectivity index (χ0v) is 10.1. The van der Waals surface area contributed by atoms with Gasteiger partial charge < -0.3 is 15.6 Å². The van der Waals surface area contributed by atoms with Crippen molar-refractivity contribution in [2.75, 3.05) is 12.3 Å². The summed E-state index contributed by atoms with van der Waals surface area (Å²) < 4.78 is 2.14. The molecule has 1 saturated heterocycles. The maximum atomic E-state index is 5.88. The third-order valence-corrected chi connectivity index (χ3v) is 3.66. The number of nitrogens with two attached hydrogens (primary N) is 1. The zero-order chi connectivity index (χ0) is 12.0. The van der Waals surface area contributed by atoms with E-state index in [4.69, 9.17) is 5.73 Å². The molecule has 3 N–H and O–H groups in total. The molecule has 0 spiro atoms. The highest BCUT2D eigenvalue weighted by molar-refractivity contribution is 5.87. The molecular formula is C12H17N5. The average molecular weight is 231 g/mol. The molecule has 17 heavy (non-hydrogen) atoms. The third kappa shape index (κ3) is 1.58. The van der Waals surface area contributed by atoms with Gasteiger partial charge in [-0.3, -0.25) is 0 Å². The van der Waals surface area contributed by atoms with Gasteiger partial charge >= 0.3 is 0 Å². The SMILES string of the molecule is C[C@H]1CC(c2cc3c(N)ncnc3n2C)CN1. The Kier molecular flexibility index (Phi) is 2.29. The Bertz CT molecular complexity index is 559. The topological polar surface area (TPSA) is 68.8 Å². The number of hydrogen-bond donors (Lipinski definition) is 2. The van der Waals surface area contributed by atoms with Crippen LogP contribution in [0.5, 0.6) is 0 Å². The molecule has 0 radical (unpaired) electrons. The van der Waals surface area contributed by atoms with Gasteiger partial charge in [0, 0.05) is 31.2 Å². The number of aromatic nitrogens is 3. The summed E-state index contributed by atoms with van der Waals surface area (Å²) in [6, 6.07) is 2.72. The van der Waals surface area contributed by atoms with Crippen LogP contribution in [0.25, 0.3) is 11.0 Å². The van der Waals surface area contributed by atoms with E-state index < -0.39 is 0 Å². The first-order chi connectivity index (χ1) is 8.16. The van der Waals surface area contributed by atoms with E-state index in [1.54, 1.807) is 0 Å². The molecular weight excluding hydrogens is 214 g/mol. The van der Waals surface area contributed by atoms with Crippen molar-refractivity contribution in [3.63, 3.8) is 0 Å². The van der Waals surface area contributed by atoms with Gasteiger partial charge in [-0.05, 0) is 19.4 Å². The van der Waals surface area contributed by atoms with Crippen LogP contribution in [-0.2, 0) is 7.05 Å². The second kappa shape index (κ2) is 3.70. The molecule has 0 bridgehead atoms. The molecule has 5 nitrogen and oxygen atoms in total. The molecule has 2 aromatic heterocycles. The first kappa shape index (κ1) is 10.5. The molecule has 1 unspecified atom stereocenters. The Labute approximate surface area is 100 Å². The second-order valence-electron chi connectivity index (χ2n) is 4.87. The van der Waals surface area contributed by atoms with Crippen molar-refractivity contribution < 1.29 is 0 Å². The van der Waals surface area contributed by atoms with Gasteiger partial charge in [-0.1, -0.05) is 0 Å². The minimum Gasteiger partial charge on any atom is -0.383 e. The van der Waals surface area contributed by atoms with Crippen molar-refractivity contribution in [3.8, 4) is 0 Å². The lowest BCUT2D eigenvalue weighted by atomic mass is 10.0. The standard InChI is InChI=1S/C12H17N5/c1-7-3-8(5-14-7)10-4-9-11(13)15-6-16-12(9)17(10)2/h4,6-8,14H,3,5H2,1-2H3,(H2,13,15,16)/t7-,8?/m0/s1. The Morgan fingerprint density at radius 2 is 2.29 bits per heavy atom. The van der Waals surface area contributed by atoms with Gasteiger partial charge in [0.15, 0.2) is 0 Å². The van der Waals surface area contributed by atoms with E-state index in [0.717, 1.165) is 24.0 Å². The zero-order valence-electron chi connectivity index (χ0n) is 10.1. The van der Waals surface area contributed by atoms with Crippen molar-refractivity contribution in [1.29, 1.82) is 0 Å². The predicted octanol–water partition coefficient (Wildman–Crippen LogP) is 1.02. The van der Waals surface area contributed by atoms with Crippen molar-refractivity contribution in [1.82, 2.24) is 19.9 Å². The summed E-state index contributed by atoms with van der Waals surface area (Å²) in [4.78, 5) is 8.35. The maximum absolute atomic E-state index is 5.88. The van der Waals surface area contributed by atoms with E-state index in [1.807, 2.05) is 7.05 Å². The smallest absolute Gasteiger partial charge is 0.145 e. The Balaban J connectivity index is 2.11. The Morgan fingerprint density at radius 1 is 1.47 bits per heavy atom. The number of fused-ring (bicyclic) bond motifs is 1. The Morgan fingerprint density at radius 3 is 2.94 bits per heavy atom. The van der Waals surface area contributed by atoms with Crippen LogP contribution in [0, 0.1) is 0 Å².